The smallest absolute Gasteiger partial charge is 0.254 e. The lowest BCUT2D eigenvalue weighted by Crippen LogP contribution is -2.53. The van der Waals surface area contributed by atoms with Crippen molar-refractivity contribution in [2.45, 2.75) is 32.7 Å². The number of ether oxygens (including phenoxy) is 2. The van der Waals surface area contributed by atoms with Gasteiger partial charge >= 0.3 is 0 Å². The fraction of sp³-hybridized carbons (Fsp3) is 0.400. The van der Waals surface area contributed by atoms with Gasteiger partial charge in [-0.1, -0.05) is 26.0 Å². The summed E-state index contributed by atoms with van der Waals surface area (Å²) < 4.78 is 24.6. The van der Waals surface area contributed by atoms with Gasteiger partial charge in [0.05, 0.1) is 5.56 Å². The lowest BCUT2D eigenvalue weighted by atomic mass is 9.94. The average molecular weight is 470 g/mol. The predicted octanol–water partition coefficient (Wildman–Crippen LogP) is 3.19. The molecule has 1 unspecified atom stereocenters. The Hall–Kier alpha value is -3.62. The second-order valence-electron chi connectivity index (χ2n) is 8.83. The molecule has 1 fully saturated rings. The molecule has 0 aliphatic carbocycles. The first-order chi connectivity index (χ1) is 16.3. The van der Waals surface area contributed by atoms with Gasteiger partial charge < -0.3 is 25.0 Å². The molecule has 1 atom stereocenters. The Morgan fingerprint density at radius 2 is 1.74 bits per heavy atom. The number of carbonyl (C=O) groups excluding carboxylic acids is 3. The molecule has 2 aliphatic rings. The van der Waals surface area contributed by atoms with Crippen molar-refractivity contribution in [3.63, 3.8) is 0 Å². The maximum absolute atomic E-state index is 14.0. The quantitative estimate of drug-likeness (QED) is 0.677. The highest BCUT2D eigenvalue weighted by molar-refractivity contribution is 5.98. The number of likely N-dealkylation sites (tertiary alicyclic amines) is 1. The topological polar surface area (TPSA) is 97.0 Å². The Morgan fingerprint density at radius 1 is 1.03 bits per heavy atom. The Labute approximate surface area is 197 Å². The Morgan fingerprint density at radius 3 is 2.44 bits per heavy atom. The monoisotopic (exact) mass is 469 g/mol. The molecule has 8 nitrogen and oxygen atoms in total. The second-order valence-corrected chi connectivity index (χ2v) is 8.83. The Bertz CT molecular complexity index is 1080. The van der Waals surface area contributed by atoms with E-state index >= 15 is 0 Å². The van der Waals surface area contributed by atoms with Crippen molar-refractivity contribution in [3.05, 3.63) is 53.8 Å². The highest BCUT2D eigenvalue weighted by atomic mass is 19.1. The van der Waals surface area contributed by atoms with Crippen LogP contribution in [0.25, 0.3) is 0 Å². The first kappa shape index (κ1) is 23.5. The van der Waals surface area contributed by atoms with Crippen LogP contribution in [0, 0.1) is 17.7 Å². The van der Waals surface area contributed by atoms with Crippen molar-refractivity contribution in [1.82, 2.24) is 10.2 Å². The molecule has 0 aromatic heterocycles. The van der Waals surface area contributed by atoms with Crippen LogP contribution >= 0.6 is 0 Å². The first-order valence-corrected chi connectivity index (χ1v) is 11.4. The van der Waals surface area contributed by atoms with E-state index in [1.54, 1.807) is 29.2 Å². The number of nitrogens with zero attached hydrogens (tertiary/aromatic N) is 1. The molecule has 2 aliphatic heterocycles. The molecule has 0 saturated carbocycles. The van der Waals surface area contributed by atoms with E-state index in [-0.39, 0.29) is 36.0 Å². The third-order valence-corrected chi connectivity index (χ3v) is 6.16. The summed E-state index contributed by atoms with van der Waals surface area (Å²) >= 11 is 0. The minimum absolute atomic E-state index is 0.0974. The van der Waals surface area contributed by atoms with E-state index in [2.05, 4.69) is 10.6 Å². The summed E-state index contributed by atoms with van der Waals surface area (Å²) in [5.74, 6) is -0.779. The molecule has 2 N–H and O–H groups in total. The van der Waals surface area contributed by atoms with E-state index in [0.717, 1.165) is 0 Å². The first-order valence-electron chi connectivity index (χ1n) is 11.4. The zero-order chi connectivity index (χ0) is 24.2. The van der Waals surface area contributed by atoms with Crippen molar-refractivity contribution in [2.24, 2.45) is 11.8 Å². The van der Waals surface area contributed by atoms with Gasteiger partial charge in [0.15, 0.2) is 11.5 Å². The lowest BCUT2D eigenvalue weighted by Gasteiger charge is -2.35. The van der Waals surface area contributed by atoms with Crippen LogP contribution in [-0.4, -0.2) is 48.5 Å². The van der Waals surface area contributed by atoms with Crippen LogP contribution in [0.3, 0.4) is 0 Å². The van der Waals surface area contributed by atoms with Crippen LogP contribution in [-0.2, 0) is 9.59 Å². The van der Waals surface area contributed by atoms with Gasteiger partial charge in [-0.3, -0.25) is 14.4 Å². The van der Waals surface area contributed by atoms with Gasteiger partial charge in [-0.15, -0.1) is 0 Å². The van der Waals surface area contributed by atoms with Crippen molar-refractivity contribution < 1.29 is 28.2 Å². The number of benzene rings is 2. The normalized spacial score (nSPS) is 16.3. The molecule has 0 bridgehead atoms. The van der Waals surface area contributed by atoms with E-state index < -0.39 is 17.8 Å². The highest BCUT2D eigenvalue weighted by Gasteiger charge is 2.33. The molecular formula is C25H28FN3O5. The fourth-order valence-corrected chi connectivity index (χ4v) is 4.16. The molecule has 34 heavy (non-hydrogen) atoms. The van der Waals surface area contributed by atoms with Crippen molar-refractivity contribution >= 4 is 23.4 Å². The average Bonchev–Trinajstić information content (AvgIpc) is 3.30. The van der Waals surface area contributed by atoms with Gasteiger partial charge in [-0.05, 0) is 43.0 Å². The van der Waals surface area contributed by atoms with Crippen molar-refractivity contribution in [2.75, 3.05) is 25.2 Å². The third kappa shape index (κ3) is 5.13. The van der Waals surface area contributed by atoms with Crippen LogP contribution < -0.4 is 20.1 Å². The summed E-state index contributed by atoms with van der Waals surface area (Å²) in [5, 5.41) is 5.59. The number of hydrogen-bond acceptors (Lipinski definition) is 5. The van der Waals surface area contributed by atoms with E-state index in [1.165, 1.54) is 18.2 Å². The van der Waals surface area contributed by atoms with Gasteiger partial charge in [-0.25, -0.2) is 4.39 Å². The maximum Gasteiger partial charge on any atom is 0.254 e. The second kappa shape index (κ2) is 10.1. The molecule has 4 rings (SSSR count). The number of rotatable bonds is 6. The SMILES string of the molecule is CC(C)C(NC(=O)c1ccccc1F)C(=O)N1CCC(C(=O)Nc2ccc3c(c2)OCO3)CC1. The zero-order valence-corrected chi connectivity index (χ0v) is 19.2. The molecule has 2 heterocycles. The van der Waals surface area contributed by atoms with Gasteiger partial charge in [0.1, 0.15) is 11.9 Å². The van der Waals surface area contributed by atoms with Gasteiger partial charge in [0.2, 0.25) is 18.6 Å². The molecule has 9 heteroatoms. The van der Waals surface area contributed by atoms with Crippen LogP contribution in [0.5, 0.6) is 11.5 Å². The third-order valence-electron chi connectivity index (χ3n) is 6.16. The minimum atomic E-state index is -0.786. The number of anilines is 1. The molecule has 2 aromatic carbocycles. The number of nitrogens with one attached hydrogen (secondary N) is 2. The summed E-state index contributed by atoms with van der Waals surface area (Å²) in [5.41, 5.74) is 0.531. The Kier molecular flexibility index (Phi) is 7.00. The summed E-state index contributed by atoms with van der Waals surface area (Å²) in [7, 11) is 0. The van der Waals surface area contributed by atoms with Crippen LogP contribution in [0.4, 0.5) is 10.1 Å². The van der Waals surface area contributed by atoms with Crippen molar-refractivity contribution in [3.8, 4) is 11.5 Å². The van der Waals surface area contributed by atoms with Crippen LogP contribution in [0.1, 0.15) is 37.0 Å². The van der Waals surface area contributed by atoms with Crippen LogP contribution in [0.2, 0.25) is 0 Å². The lowest BCUT2D eigenvalue weighted by molar-refractivity contribution is -0.137. The van der Waals surface area contributed by atoms with Crippen molar-refractivity contribution in [1.29, 1.82) is 0 Å². The van der Waals surface area contributed by atoms with Crippen LogP contribution in [0.15, 0.2) is 42.5 Å². The summed E-state index contributed by atoms with van der Waals surface area (Å²) in [4.78, 5) is 40.1. The largest absolute Gasteiger partial charge is 0.454 e. The molecular weight excluding hydrogens is 441 g/mol. The van der Waals surface area contributed by atoms with E-state index in [4.69, 9.17) is 9.47 Å². The van der Waals surface area contributed by atoms with Gasteiger partial charge in [0, 0.05) is 30.8 Å². The van der Waals surface area contributed by atoms with E-state index in [0.29, 0.717) is 43.1 Å². The molecule has 2 aromatic rings. The number of carbonyl (C=O) groups is 3. The number of amides is 3. The van der Waals surface area contributed by atoms with Gasteiger partial charge in [0.25, 0.3) is 5.91 Å². The number of fused-ring (bicyclic) bond motifs is 1. The molecule has 1 saturated heterocycles. The van der Waals surface area contributed by atoms with Gasteiger partial charge in [-0.2, -0.15) is 0 Å². The number of hydrogen-bond donors (Lipinski definition) is 2. The summed E-state index contributed by atoms with van der Waals surface area (Å²) in [6, 6.07) is 10.1. The maximum atomic E-state index is 14.0. The predicted molar refractivity (Wildman–Crippen MR) is 123 cm³/mol. The van der Waals surface area contributed by atoms with E-state index in [1.807, 2.05) is 13.8 Å². The number of piperidine rings is 1. The molecule has 0 spiro atoms. The molecule has 180 valence electrons. The fourth-order valence-electron chi connectivity index (χ4n) is 4.16. The standard InChI is InChI=1S/C25H28FN3O5/c1-15(2)22(28-24(31)18-5-3-4-6-19(18)26)25(32)29-11-9-16(10-12-29)23(30)27-17-7-8-20-21(13-17)34-14-33-20/h3-8,13,15-16,22H,9-12,14H2,1-2H3,(H,27,30)(H,28,31). The number of halogens is 1. The zero-order valence-electron chi connectivity index (χ0n) is 19.2. The summed E-state index contributed by atoms with van der Waals surface area (Å²) in [6.07, 6.45) is 1.02. The highest BCUT2D eigenvalue weighted by Crippen LogP contribution is 2.34. The summed E-state index contributed by atoms with van der Waals surface area (Å²) in [6.45, 7) is 4.62. The molecule has 0 radical (unpaired) electrons. The Balaban J connectivity index is 1.32. The minimum Gasteiger partial charge on any atom is -0.454 e. The van der Waals surface area contributed by atoms with E-state index in [9.17, 15) is 18.8 Å². The molecule has 3 amide bonds.